The van der Waals surface area contributed by atoms with Crippen molar-refractivity contribution in [2.45, 2.75) is 32.4 Å². The van der Waals surface area contributed by atoms with Gasteiger partial charge < -0.3 is 19.3 Å². The zero-order valence-corrected chi connectivity index (χ0v) is 27.4. The number of benzene rings is 6. The van der Waals surface area contributed by atoms with Gasteiger partial charge in [0, 0.05) is 28.9 Å². The molecule has 0 saturated carbocycles. The number of rotatable bonds is 4. The molecule has 0 saturated heterocycles. The monoisotopic (exact) mass is 636 g/mol. The van der Waals surface area contributed by atoms with Crippen molar-refractivity contribution in [3.8, 4) is 45.5 Å². The molecule has 0 amide bonds. The molecule has 0 spiro atoms. The summed E-state index contributed by atoms with van der Waals surface area (Å²) in [5.74, 6) is 3.36. The van der Waals surface area contributed by atoms with E-state index in [0.717, 1.165) is 68.3 Å². The van der Waals surface area contributed by atoms with Crippen molar-refractivity contribution in [2.75, 3.05) is 9.80 Å². The zero-order valence-electron chi connectivity index (χ0n) is 27.4. The summed E-state index contributed by atoms with van der Waals surface area (Å²) in [5.41, 5.74) is 10.1. The first-order chi connectivity index (χ1) is 24.0. The molecule has 0 fully saturated rings. The van der Waals surface area contributed by atoms with Crippen LogP contribution in [0.25, 0.3) is 33.3 Å². The summed E-state index contributed by atoms with van der Waals surface area (Å²) in [6.45, 7) is 6.99. The van der Waals surface area contributed by atoms with Crippen LogP contribution in [0.3, 0.4) is 0 Å². The second-order valence-corrected chi connectivity index (χ2v) is 13.4. The zero-order chi connectivity index (χ0) is 32.9. The molecule has 1 atom stereocenters. The number of ether oxygens (including phenoxy) is 2. The summed E-state index contributed by atoms with van der Waals surface area (Å²) in [6.07, 6.45) is 3.59. The van der Waals surface area contributed by atoms with Crippen LogP contribution in [-0.2, 0) is 5.54 Å². The summed E-state index contributed by atoms with van der Waals surface area (Å²) < 4.78 is 12.9. The smallest absolute Gasteiger partial charge is 0.151 e. The molecule has 2 aliphatic heterocycles. The van der Waals surface area contributed by atoms with E-state index in [2.05, 4.69) is 128 Å². The lowest BCUT2D eigenvalue weighted by molar-refractivity contribution is 0.443. The lowest BCUT2D eigenvalue weighted by Crippen LogP contribution is -2.41. The fraction of sp³-hybridized carbons (Fsp3) is 0.116. The molecule has 3 heterocycles. The summed E-state index contributed by atoms with van der Waals surface area (Å²) in [6, 6.07) is 42.2. The first kappa shape index (κ1) is 27.9. The average molecular weight is 637 g/mol. The minimum absolute atomic E-state index is 0.1000. The third-order valence-corrected chi connectivity index (χ3v) is 10.3. The molecule has 49 heavy (non-hydrogen) atoms. The highest BCUT2D eigenvalue weighted by molar-refractivity contribution is 6.15. The third kappa shape index (κ3) is 3.88. The molecule has 6 nitrogen and oxygen atoms in total. The van der Waals surface area contributed by atoms with Crippen LogP contribution in [-0.4, -0.2) is 9.97 Å². The van der Waals surface area contributed by atoms with E-state index < -0.39 is 5.54 Å². The van der Waals surface area contributed by atoms with Gasteiger partial charge in [-0.1, -0.05) is 66.7 Å². The van der Waals surface area contributed by atoms with Gasteiger partial charge in [-0.25, -0.2) is 0 Å². The molecule has 1 aromatic heterocycles. The van der Waals surface area contributed by atoms with Gasteiger partial charge >= 0.3 is 0 Å². The Balaban J connectivity index is 1.29. The minimum Gasteiger partial charge on any atom is -0.453 e. The van der Waals surface area contributed by atoms with Crippen molar-refractivity contribution >= 4 is 33.5 Å². The van der Waals surface area contributed by atoms with E-state index in [1.807, 2.05) is 24.3 Å². The third-order valence-electron chi connectivity index (χ3n) is 10.3. The van der Waals surface area contributed by atoms with Crippen molar-refractivity contribution in [3.63, 3.8) is 0 Å². The number of nitrogens with zero attached hydrogens (tertiary/aromatic N) is 4. The molecule has 1 unspecified atom stereocenters. The van der Waals surface area contributed by atoms with E-state index in [0.29, 0.717) is 0 Å². The highest BCUT2D eigenvalue weighted by atomic mass is 16.5. The molecular weight excluding hydrogens is 604 g/mol. The molecule has 0 bridgehead atoms. The van der Waals surface area contributed by atoms with Crippen molar-refractivity contribution < 1.29 is 9.47 Å². The quantitative estimate of drug-likeness (QED) is 0.192. The van der Waals surface area contributed by atoms with E-state index in [4.69, 9.17) is 19.4 Å². The van der Waals surface area contributed by atoms with Crippen LogP contribution in [0.2, 0.25) is 0 Å². The maximum atomic E-state index is 6.49. The Morgan fingerprint density at radius 2 is 1.06 bits per heavy atom. The predicted molar refractivity (Wildman–Crippen MR) is 196 cm³/mol. The molecule has 1 aliphatic carbocycles. The van der Waals surface area contributed by atoms with Crippen LogP contribution in [0.15, 0.2) is 134 Å². The van der Waals surface area contributed by atoms with Gasteiger partial charge in [0.15, 0.2) is 23.0 Å². The van der Waals surface area contributed by atoms with Crippen LogP contribution in [0.4, 0.5) is 22.7 Å². The first-order valence-corrected chi connectivity index (χ1v) is 16.7. The van der Waals surface area contributed by atoms with E-state index in [9.17, 15) is 0 Å². The summed E-state index contributed by atoms with van der Waals surface area (Å²) in [5, 5.41) is 2.39. The molecule has 6 aromatic carbocycles. The maximum absolute atomic E-state index is 6.49. The predicted octanol–water partition coefficient (Wildman–Crippen LogP) is 11.5. The molecular formula is C43H32N4O2. The molecule has 10 rings (SSSR count). The Bertz CT molecular complexity index is 2400. The van der Waals surface area contributed by atoms with Crippen LogP contribution in [0.5, 0.6) is 23.0 Å². The van der Waals surface area contributed by atoms with E-state index in [1.165, 1.54) is 21.9 Å². The number of fused-ring (bicyclic) bond motifs is 7. The molecule has 0 N–H and O–H groups in total. The number of para-hydroxylation sites is 8. The van der Waals surface area contributed by atoms with E-state index in [-0.39, 0.29) is 6.04 Å². The van der Waals surface area contributed by atoms with Gasteiger partial charge in [0.25, 0.3) is 0 Å². The molecule has 6 heteroatoms. The van der Waals surface area contributed by atoms with Gasteiger partial charge in [-0.2, -0.15) is 0 Å². The summed E-state index contributed by atoms with van der Waals surface area (Å²) >= 11 is 0. The Morgan fingerprint density at radius 1 is 0.571 bits per heavy atom. The SMILES string of the molecule is CC(c1cc2c3c(cccc3c1C(C)(C)N1c3ccccc3Oc3ccccc31)-c1nccnc1-2)N1c2ccccc2Oc2ccccc21. The average Bonchev–Trinajstić information content (AvgIpc) is 3.46. The Kier molecular flexibility index (Phi) is 5.80. The second kappa shape index (κ2) is 10.2. The largest absolute Gasteiger partial charge is 0.453 e. The summed E-state index contributed by atoms with van der Waals surface area (Å²) in [4.78, 5) is 14.6. The minimum atomic E-state index is -0.558. The Labute approximate surface area is 284 Å². The van der Waals surface area contributed by atoms with Crippen molar-refractivity contribution in [1.29, 1.82) is 0 Å². The maximum Gasteiger partial charge on any atom is 0.151 e. The van der Waals surface area contributed by atoms with Crippen molar-refractivity contribution in [3.05, 3.63) is 145 Å². The Morgan fingerprint density at radius 3 is 1.63 bits per heavy atom. The normalized spacial score (nSPS) is 14.2. The molecule has 236 valence electrons. The topological polar surface area (TPSA) is 50.7 Å². The van der Waals surface area contributed by atoms with E-state index in [1.54, 1.807) is 12.4 Å². The van der Waals surface area contributed by atoms with Gasteiger partial charge in [-0.05, 0) is 91.9 Å². The molecule has 3 aliphatic rings. The second-order valence-electron chi connectivity index (χ2n) is 13.4. The van der Waals surface area contributed by atoms with Gasteiger partial charge in [0.05, 0.1) is 45.7 Å². The standard InChI is InChI=1S/C43H32N4O2/c1-26(46-31-15-4-8-19-35(31)48-36-20-9-5-16-32(36)46)29-25-30-39-27(13-12-14-28(39)41-42(30)45-24-23-44-41)40(29)43(2,3)47-33-17-6-10-21-37(33)49-38-22-11-7-18-34(38)47/h4-26H,1-3H3. The Hall–Kier alpha value is -6.14. The van der Waals surface area contributed by atoms with Gasteiger partial charge in [0.1, 0.15) is 0 Å². The lowest BCUT2D eigenvalue weighted by atomic mass is 9.79. The van der Waals surface area contributed by atoms with Crippen LogP contribution in [0.1, 0.15) is 37.9 Å². The molecule has 7 aromatic rings. The lowest BCUT2D eigenvalue weighted by Gasteiger charge is -2.46. The van der Waals surface area contributed by atoms with Gasteiger partial charge in [-0.3, -0.25) is 9.97 Å². The van der Waals surface area contributed by atoms with Crippen LogP contribution in [0, 0.1) is 0 Å². The molecule has 0 radical (unpaired) electrons. The van der Waals surface area contributed by atoms with Gasteiger partial charge in [0.2, 0.25) is 0 Å². The van der Waals surface area contributed by atoms with Crippen molar-refractivity contribution in [1.82, 2.24) is 9.97 Å². The fourth-order valence-electron chi connectivity index (χ4n) is 8.34. The number of aromatic nitrogens is 2. The highest BCUT2D eigenvalue weighted by Gasteiger charge is 2.42. The fourth-order valence-corrected chi connectivity index (χ4v) is 8.34. The number of anilines is 4. The van der Waals surface area contributed by atoms with Crippen LogP contribution < -0.4 is 19.3 Å². The number of hydrogen-bond donors (Lipinski definition) is 0. The first-order valence-electron chi connectivity index (χ1n) is 16.7. The van der Waals surface area contributed by atoms with Gasteiger partial charge in [-0.15, -0.1) is 0 Å². The number of hydrogen-bond acceptors (Lipinski definition) is 6. The highest BCUT2D eigenvalue weighted by Crippen LogP contribution is 2.58. The van der Waals surface area contributed by atoms with Crippen LogP contribution >= 0.6 is 0 Å². The summed E-state index contributed by atoms with van der Waals surface area (Å²) in [7, 11) is 0. The van der Waals surface area contributed by atoms with E-state index >= 15 is 0 Å². The van der Waals surface area contributed by atoms with Crippen molar-refractivity contribution in [2.24, 2.45) is 0 Å².